The van der Waals surface area contributed by atoms with Gasteiger partial charge in [0.25, 0.3) is 5.91 Å². The second-order valence-corrected chi connectivity index (χ2v) is 7.09. The van der Waals surface area contributed by atoms with Crippen molar-refractivity contribution in [2.75, 3.05) is 20.8 Å². The van der Waals surface area contributed by atoms with Gasteiger partial charge in [-0.1, -0.05) is 18.2 Å². The third-order valence-corrected chi connectivity index (χ3v) is 4.99. The molecule has 0 aliphatic rings. The van der Waals surface area contributed by atoms with Gasteiger partial charge in [0.2, 0.25) is 0 Å². The van der Waals surface area contributed by atoms with Crippen molar-refractivity contribution in [3.8, 4) is 5.75 Å². The summed E-state index contributed by atoms with van der Waals surface area (Å²) < 4.78 is 16.0. The third kappa shape index (κ3) is 4.77. The lowest BCUT2D eigenvalue weighted by Crippen LogP contribution is -2.31. The van der Waals surface area contributed by atoms with Crippen molar-refractivity contribution in [3.05, 3.63) is 64.9 Å². The lowest BCUT2D eigenvalue weighted by Gasteiger charge is -2.18. The van der Waals surface area contributed by atoms with Gasteiger partial charge in [-0.2, -0.15) is 0 Å². The molecule has 0 N–H and O–H groups in total. The number of methoxy groups -OCH3 is 1. The number of nitrogens with zero attached hydrogens (tertiary/aromatic N) is 1. The number of carbonyl (C=O) groups excluding carboxylic acids is 2. The predicted molar refractivity (Wildman–Crippen MR) is 110 cm³/mol. The normalized spacial score (nSPS) is 10.8. The van der Waals surface area contributed by atoms with Crippen LogP contribution in [0.25, 0.3) is 11.0 Å². The zero-order valence-corrected chi connectivity index (χ0v) is 17.2. The molecule has 6 heteroatoms. The molecule has 0 aliphatic carbocycles. The van der Waals surface area contributed by atoms with Gasteiger partial charge in [-0.25, -0.2) is 0 Å². The first-order valence-electron chi connectivity index (χ1n) is 9.38. The molecule has 0 aliphatic heterocycles. The highest BCUT2D eigenvalue weighted by atomic mass is 16.5. The molecular formula is C23H25NO5. The van der Waals surface area contributed by atoms with Gasteiger partial charge in [-0.3, -0.25) is 9.59 Å². The summed E-state index contributed by atoms with van der Waals surface area (Å²) in [6, 6.07) is 11.4. The van der Waals surface area contributed by atoms with E-state index in [4.69, 9.17) is 13.9 Å². The molecule has 3 rings (SSSR count). The third-order valence-electron chi connectivity index (χ3n) is 4.99. The number of carbonyl (C=O) groups is 2. The molecule has 0 unspecified atom stereocenters. The van der Waals surface area contributed by atoms with Crippen molar-refractivity contribution in [2.45, 2.75) is 26.8 Å². The van der Waals surface area contributed by atoms with Gasteiger partial charge in [0.05, 0.1) is 19.8 Å². The summed E-state index contributed by atoms with van der Waals surface area (Å²) in [4.78, 5) is 26.1. The molecule has 0 fully saturated rings. The minimum absolute atomic E-state index is 0.0546. The molecule has 1 aromatic heterocycles. The average Bonchev–Trinajstić information content (AvgIpc) is 3.08. The lowest BCUT2D eigenvalue weighted by atomic mass is 10.0. The van der Waals surface area contributed by atoms with Gasteiger partial charge in [0, 0.05) is 30.1 Å². The van der Waals surface area contributed by atoms with Gasteiger partial charge in [-0.05, 0) is 43.2 Å². The van der Waals surface area contributed by atoms with Crippen molar-refractivity contribution in [1.29, 1.82) is 0 Å². The quantitative estimate of drug-likeness (QED) is 0.569. The van der Waals surface area contributed by atoms with E-state index in [-0.39, 0.29) is 18.9 Å². The largest absolute Gasteiger partial charge is 0.496 e. The standard InChI is InChI=1S/C23H25NO5/c1-15-9-19-18(13-28-21(19)10-16(15)2)11-23(26)29-14-22(25)24(3)12-17-7-5-6-8-20(17)27-4/h5-10,13H,11-12,14H2,1-4H3. The van der Waals surface area contributed by atoms with Gasteiger partial charge in [0.15, 0.2) is 6.61 Å². The highest BCUT2D eigenvalue weighted by Gasteiger charge is 2.16. The molecule has 3 aromatic rings. The van der Waals surface area contributed by atoms with E-state index in [2.05, 4.69) is 0 Å². The van der Waals surface area contributed by atoms with Gasteiger partial charge >= 0.3 is 5.97 Å². The molecule has 1 heterocycles. The molecule has 0 saturated carbocycles. The molecule has 0 spiro atoms. The highest BCUT2D eigenvalue weighted by molar-refractivity contribution is 5.87. The smallest absolute Gasteiger partial charge is 0.310 e. The highest BCUT2D eigenvalue weighted by Crippen LogP contribution is 2.25. The first-order chi connectivity index (χ1) is 13.9. The van der Waals surface area contributed by atoms with E-state index in [1.165, 1.54) is 4.90 Å². The fourth-order valence-electron chi connectivity index (χ4n) is 3.11. The zero-order valence-electron chi connectivity index (χ0n) is 17.2. The van der Waals surface area contributed by atoms with Crippen LogP contribution in [0.5, 0.6) is 5.75 Å². The number of hydrogen-bond acceptors (Lipinski definition) is 5. The number of furan rings is 1. The Hall–Kier alpha value is -3.28. The summed E-state index contributed by atoms with van der Waals surface area (Å²) in [6.45, 7) is 4.09. The van der Waals surface area contributed by atoms with E-state index >= 15 is 0 Å². The molecule has 0 bridgehead atoms. The number of benzene rings is 2. The Morgan fingerprint density at radius 3 is 2.55 bits per heavy atom. The Bertz CT molecular complexity index is 1040. The molecule has 2 aromatic carbocycles. The van der Waals surface area contributed by atoms with Crippen molar-refractivity contribution in [2.24, 2.45) is 0 Å². The summed E-state index contributed by atoms with van der Waals surface area (Å²) in [6.07, 6.45) is 1.62. The van der Waals surface area contributed by atoms with Gasteiger partial charge in [0.1, 0.15) is 11.3 Å². The van der Waals surface area contributed by atoms with Crippen LogP contribution in [0.3, 0.4) is 0 Å². The monoisotopic (exact) mass is 395 g/mol. The summed E-state index contributed by atoms with van der Waals surface area (Å²) in [5.74, 6) is -0.0424. The van der Waals surface area contributed by atoms with Crippen LogP contribution >= 0.6 is 0 Å². The van der Waals surface area contributed by atoms with E-state index in [0.29, 0.717) is 12.3 Å². The molecular weight excluding hydrogens is 370 g/mol. The van der Waals surface area contributed by atoms with E-state index in [0.717, 1.165) is 33.2 Å². The van der Waals surface area contributed by atoms with Crippen LogP contribution in [0.1, 0.15) is 22.3 Å². The molecule has 152 valence electrons. The van der Waals surface area contributed by atoms with Crippen LogP contribution in [-0.4, -0.2) is 37.5 Å². The summed E-state index contributed by atoms with van der Waals surface area (Å²) in [7, 11) is 3.25. The summed E-state index contributed by atoms with van der Waals surface area (Å²) in [5.41, 5.74) is 4.63. The number of likely N-dealkylation sites (N-methyl/N-ethyl adjacent to an activating group) is 1. The summed E-state index contributed by atoms with van der Waals surface area (Å²) in [5, 5.41) is 0.893. The average molecular weight is 395 g/mol. The van der Waals surface area contributed by atoms with Crippen LogP contribution in [0, 0.1) is 13.8 Å². The first-order valence-corrected chi connectivity index (χ1v) is 9.38. The lowest BCUT2D eigenvalue weighted by molar-refractivity contribution is -0.151. The Balaban J connectivity index is 1.56. The number of fused-ring (bicyclic) bond motifs is 1. The van der Waals surface area contributed by atoms with Gasteiger partial charge in [-0.15, -0.1) is 0 Å². The molecule has 6 nitrogen and oxygen atoms in total. The van der Waals surface area contributed by atoms with E-state index < -0.39 is 5.97 Å². The van der Waals surface area contributed by atoms with Crippen molar-refractivity contribution >= 4 is 22.8 Å². The number of esters is 1. The predicted octanol–water partition coefficient (Wildman–Crippen LogP) is 3.80. The Morgan fingerprint density at radius 2 is 1.79 bits per heavy atom. The second-order valence-electron chi connectivity index (χ2n) is 7.09. The molecule has 0 saturated heterocycles. The minimum atomic E-state index is -0.468. The van der Waals surface area contributed by atoms with Crippen molar-refractivity contribution in [3.63, 3.8) is 0 Å². The SMILES string of the molecule is COc1ccccc1CN(C)C(=O)COC(=O)Cc1coc2cc(C)c(C)cc12. The fraction of sp³-hybridized carbons (Fsp3) is 0.304. The summed E-state index contributed by atoms with van der Waals surface area (Å²) >= 11 is 0. The van der Waals surface area contributed by atoms with Crippen LogP contribution in [0.2, 0.25) is 0 Å². The molecule has 29 heavy (non-hydrogen) atoms. The van der Waals surface area contributed by atoms with Crippen LogP contribution in [0.15, 0.2) is 47.1 Å². The van der Waals surface area contributed by atoms with E-state index in [9.17, 15) is 9.59 Å². The number of hydrogen-bond donors (Lipinski definition) is 0. The number of para-hydroxylation sites is 1. The number of ether oxygens (including phenoxy) is 2. The van der Waals surface area contributed by atoms with Gasteiger partial charge < -0.3 is 18.8 Å². The van der Waals surface area contributed by atoms with Crippen LogP contribution in [0.4, 0.5) is 0 Å². The number of rotatable bonds is 7. The van der Waals surface area contributed by atoms with E-state index in [1.54, 1.807) is 20.4 Å². The zero-order chi connectivity index (χ0) is 21.0. The van der Waals surface area contributed by atoms with Crippen LogP contribution in [-0.2, 0) is 27.3 Å². The topological polar surface area (TPSA) is 69.0 Å². The number of amides is 1. The maximum atomic E-state index is 12.3. The number of aryl methyl sites for hydroxylation is 2. The van der Waals surface area contributed by atoms with Crippen molar-refractivity contribution < 1.29 is 23.5 Å². The molecule has 0 atom stereocenters. The second kappa shape index (κ2) is 8.82. The van der Waals surface area contributed by atoms with Crippen LogP contribution < -0.4 is 4.74 Å². The first kappa shape index (κ1) is 20.5. The Kier molecular flexibility index (Phi) is 6.22. The van der Waals surface area contributed by atoms with E-state index in [1.807, 2.05) is 50.2 Å². The maximum absolute atomic E-state index is 12.3. The molecule has 1 amide bonds. The Morgan fingerprint density at radius 1 is 1.07 bits per heavy atom. The molecule has 0 radical (unpaired) electrons. The fourth-order valence-corrected chi connectivity index (χ4v) is 3.11. The Labute approximate surface area is 170 Å². The minimum Gasteiger partial charge on any atom is -0.496 e. The van der Waals surface area contributed by atoms with Crippen molar-refractivity contribution in [1.82, 2.24) is 4.90 Å². The maximum Gasteiger partial charge on any atom is 0.310 e.